The quantitative estimate of drug-likeness (QED) is 0.519. The second-order valence-corrected chi connectivity index (χ2v) is 11.5. The molecule has 21 heavy (non-hydrogen) atoms. The Morgan fingerprint density at radius 2 is 0.667 bits per heavy atom. The second kappa shape index (κ2) is 5.25. The van der Waals surface area contributed by atoms with E-state index in [0.717, 1.165) is 0 Å². The average Bonchev–Trinajstić information content (AvgIpc) is 2.52. The summed E-state index contributed by atoms with van der Waals surface area (Å²) in [5, 5.41) is 0. The molecular formula is C20H40O. The van der Waals surface area contributed by atoms with Crippen LogP contribution in [-0.4, -0.2) is 12.2 Å². The second-order valence-electron chi connectivity index (χ2n) is 11.5. The van der Waals surface area contributed by atoms with Crippen LogP contribution in [-0.2, 0) is 4.74 Å². The Balaban J connectivity index is 3.42. The van der Waals surface area contributed by atoms with E-state index in [0.29, 0.717) is 24.0 Å². The summed E-state index contributed by atoms with van der Waals surface area (Å²) in [6, 6.07) is 0. The molecule has 1 nitrogen and oxygen atoms in total. The molecule has 0 aromatic heterocycles. The highest BCUT2D eigenvalue weighted by Gasteiger charge is 2.58. The molecule has 0 radical (unpaired) electrons. The van der Waals surface area contributed by atoms with Crippen LogP contribution in [0.5, 0.6) is 0 Å². The molecule has 1 aliphatic heterocycles. The van der Waals surface area contributed by atoms with Gasteiger partial charge in [-0.15, -0.1) is 0 Å². The van der Waals surface area contributed by atoms with Gasteiger partial charge in [0.2, 0.25) is 0 Å². The molecule has 0 aromatic carbocycles. The van der Waals surface area contributed by atoms with Gasteiger partial charge in [0, 0.05) is 0 Å². The first-order valence-electron chi connectivity index (χ1n) is 8.63. The van der Waals surface area contributed by atoms with E-state index < -0.39 is 0 Å². The molecule has 0 aromatic rings. The van der Waals surface area contributed by atoms with Gasteiger partial charge in [0.1, 0.15) is 0 Å². The predicted octanol–water partition coefficient (Wildman–Crippen LogP) is 6.17. The van der Waals surface area contributed by atoms with Crippen LogP contribution in [0, 0.1) is 33.5 Å². The Labute approximate surface area is 134 Å². The van der Waals surface area contributed by atoms with Crippen molar-refractivity contribution in [1.82, 2.24) is 0 Å². The Bertz CT molecular complexity index is 317. The molecule has 0 amide bonds. The largest absolute Gasteiger partial charge is 0.373 e. The highest BCUT2D eigenvalue weighted by molar-refractivity contribution is 5.05. The van der Waals surface area contributed by atoms with E-state index in [1.165, 1.54) is 0 Å². The predicted molar refractivity (Wildman–Crippen MR) is 93.5 cm³/mol. The van der Waals surface area contributed by atoms with Crippen molar-refractivity contribution in [3.8, 4) is 0 Å². The number of hydrogen-bond acceptors (Lipinski definition) is 1. The van der Waals surface area contributed by atoms with Gasteiger partial charge >= 0.3 is 0 Å². The summed E-state index contributed by atoms with van der Waals surface area (Å²) < 4.78 is 6.77. The maximum Gasteiger partial charge on any atom is 0.0664 e. The first kappa shape index (κ1) is 19.0. The zero-order valence-corrected chi connectivity index (χ0v) is 16.7. The van der Waals surface area contributed by atoms with Crippen molar-refractivity contribution in [2.24, 2.45) is 33.5 Å². The third-order valence-corrected chi connectivity index (χ3v) is 5.04. The zero-order chi connectivity index (χ0) is 17.0. The Hall–Kier alpha value is -0.0400. The number of ether oxygens (including phenoxy) is 1. The Morgan fingerprint density at radius 1 is 0.429 bits per heavy atom. The number of rotatable bonds is 0. The maximum absolute atomic E-state index is 6.77. The smallest absolute Gasteiger partial charge is 0.0664 e. The summed E-state index contributed by atoms with van der Waals surface area (Å²) in [7, 11) is 0. The normalized spacial score (nSPS) is 32.6. The molecule has 4 atom stereocenters. The molecule has 1 rings (SSSR count). The van der Waals surface area contributed by atoms with Gasteiger partial charge in [-0.05, 0) is 33.5 Å². The van der Waals surface area contributed by atoms with E-state index in [9.17, 15) is 0 Å². The van der Waals surface area contributed by atoms with E-state index in [2.05, 4.69) is 83.1 Å². The molecule has 1 aliphatic rings. The van der Waals surface area contributed by atoms with Crippen LogP contribution in [0.15, 0.2) is 0 Å². The first-order valence-corrected chi connectivity index (χ1v) is 8.63. The standard InChI is InChI=1S/C20H40O/c1-17(2,3)13-14(18(4,5)6)16(20(10,11)12)21-15(13)19(7,8)9/h13-16H,1-12H3. The number of hydrogen-bond donors (Lipinski definition) is 0. The fraction of sp³-hybridized carbons (Fsp3) is 1.00. The minimum atomic E-state index is 0.182. The minimum absolute atomic E-state index is 0.182. The molecule has 0 aliphatic carbocycles. The van der Waals surface area contributed by atoms with Gasteiger partial charge in [-0.3, -0.25) is 0 Å². The van der Waals surface area contributed by atoms with Crippen molar-refractivity contribution in [1.29, 1.82) is 0 Å². The maximum atomic E-state index is 6.77. The fourth-order valence-electron chi connectivity index (χ4n) is 4.18. The molecule has 0 spiro atoms. The van der Waals surface area contributed by atoms with Crippen LogP contribution in [0.25, 0.3) is 0 Å². The van der Waals surface area contributed by atoms with E-state index in [-0.39, 0.29) is 21.7 Å². The summed E-state index contributed by atoms with van der Waals surface area (Å²) in [5.74, 6) is 1.17. The summed E-state index contributed by atoms with van der Waals surface area (Å²) in [6.45, 7) is 28.4. The van der Waals surface area contributed by atoms with Crippen molar-refractivity contribution >= 4 is 0 Å². The van der Waals surface area contributed by atoms with Gasteiger partial charge in [0.25, 0.3) is 0 Å². The molecule has 1 fully saturated rings. The summed E-state index contributed by atoms with van der Waals surface area (Å²) in [4.78, 5) is 0. The van der Waals surface area contributed by atoms with Crippen LogP contribution >= 0.6 is 0 Å². The van der Waals surface area contributed by atoms with Crippen molar-refractivity contribution in [3.63, 3.8) is 0 Å². The first-order chi connectivity index (χ1) is 8.97. The molecule has 1 heteroatoms. The summed E-state index contributed by atoms with van der Waals surface area (Å²) in [6.07, 6.45) is 0.650. The fourth-order valence-corrected chi connectivity index (χ4v) is 4.18. The van der Waals surface area contributed by atoms with Gasteiger partial charge in [0.05, 0.1) is 12.2 Å². The molecule has 0 N–H and O–H groups in total. The lowest BCUT2D eigenvalue weighted by molar-refractivity contribution is -0.0807. The Morgan fingerprint density at radius 3 is 0.810 bits per heavy atom. The van der Waals surface area contributed by atoms with Crippen LogP contribution in [0.3, 0.4) is 0 Å². The highest BCUT2D eigenvalue weighted by atomic mass is 16.5. The topological polar surface area (TPSA) is 9.23 Å². The molecule has 0 saturated carbocycles. The van der Waals surface area contributed by atoms with E-state index in [1.54, 1.807) is 0 Å². The van der Waals surface area contributed by atoms with Crippen molar-refractivity contribution in [2.45, 2.75) is 95.3 Å². The van der Waals surface area contributed by atoms with Crippen LogP contribution in [0.2, 0.25) is 0 Å². The van der Waals surface area contributed by atoms with E-state index in [4.69, 9.17) is 4.74 Å². The highest BCUT2D eigenvalue weighted by Crippen LogP contribution is 2.57. The lowest BCUT2D eigenvalue weighted by Crippen LogP contribution is -2.45. The van der Waals surface area contributed by atoms with Gasteiger partial charge in [0.15, 0.2) is 0 Å². The summed E-state index contributed by atoms with van der Waals surface area (Å²) >= 11 is 0. The molecule has 1 saturated heterocycles. The van der Waals surface area contributed by atoms with Crippen LogP contribution in [0.1, 0.15) is 83.1 Å². The van der Waals surface area contributed by atoms with Crippen LogP contribution < -0.4 is 0 Å². The lowest BCUT2D eigenvalue weighted by atomic mass is 9.57. The van der Waals surface area contributed by atoms with Crippen molar-refractivity contribution < 1.29 is 4.74 Å². The third kappa shape index (κ3) is 4.03. The van der Waals surface area contributed by atoms with Crippen molar-refractivity contribution in [3.05, 3.63) is 0 Å². The molecular weight excluding hydrogens is 256 g/mol. The average molecular weight is 297 g/mol. The van der Waals surface area contributed by atoms with Crippen LogP contribution in [0.4, 0.5) is 0 Å². The third-order valence-electron chi connectivity index (χ3n) is 5.04. The van der Waals surface area contributed by atoms with E-state index >= 15 is 0 Å². The van der Waals surface area contributed by atoms with Gasteiger partial charge in [-0.25, -0.2) is 0 Å². The zero-order valence-electron chi connectivity index (χ0n) is 16.7. The molecule has 126 valence electrons. The molecule has 0 bridgehead atoms. The molecule has 4 unspecified atom stereocenters. The van der Waals surface area contributed by atoms with Crippen molar-refractivity contribution in [2.75, 3.05) is 0 Å². The van der Waals surface area contributed by atoms with Gasteiger partial charge in [-0.1, -0.05) is 83.1 Å². The van der Waals surface area contributed by atoms with E-state index in [1.807, 2.05) is 0 Å². The SMILES string of the molecule is CC(C)(C)C1OC(C(C)(C)C)C(C(C)(C)C)C1C(C)(C)C. The monoisotopic (exact) mass is 296 g/mol. The Kier molecular flexibility index (Phi) is 4.75. The van der Waals surface area contributed by atoms with Gasteiger partial charge < -0.3 is 4.74 Å². The lowest BCUT2D eigenvalue weighted by Gasteiger charge is -2.45. The molecule has 1 heterocycles. The van der Waals surface area contributed by atoms with Gasteiger partial charge in [-0.2, -0.15) is 0 Å². The summed E-state index contributed by atoms with van der Waals surface area (Å²) in [5.41, 5.74) is 0.884. The minimum Gasteiger partial charge on any atom is -0.373 e.